The molecule has 0 aliphatic carbocycles. The third-order valence-corrected chi connectivity index (χ3v) is 8.38. The van der Waals surface area contributed by atoms with Crippen molar-refractivity contribution in [1.29, 1.82) is 0 Å². The number of fused-ring (bicyclic) bond motifs is 3. The van der Waals surface area contributed by atoms with Gasteiger partial charge in [-0.2, -0.15) is 22.2 Å². The van der Waals surface area contributed by atoms with Gasteiger partial charge >= 0.3 is 0 Å². The fourth-order valence-electron chi connectivity index (χ4n) is 2.76. The Bertz CT molecular complexity index is 758. The Morgan fingerprint density at radius 2 is 1.10 bits per heavy atom. The predicted molar refractivity (Wildman–Crippen MR) is 99.7 cm³/mol. The number of para-hydroxylation sites is 2. The smallest absolute Gasteiger partial charge is 0.185 e. The summed E-state index contributed by atoms with van der Waals surface area (Å²) in [7, 11) is -3.93. The molecule has 0 spiro atoms. The largest absolute Gasteiger partial charge is 0.456 e. The highest BCUT2D eigenvalue weighted by molar-refractivity contribution is 7.27. The molecule has 3 aromatic rings. The Labute approximate surface area is 136 Å². The Kier molecular flexibility index (Phi) is 3.52. The van der Waals surface area contributed by atoms with Crippen LogP contribution in [0.1, 0.15) is 0 Å². The Balaban J connectivity index is 2.46. The van der Waals surface area contributed by atoms with Gasteiger partial charge in [-0.15, -0.1) is 0 Å². The maximum atomic E-state index is 6.66. The molecule has 0 atom stereocenters. The lowest BCUT2D eigenvalue weighted by molar-refractivity contribution is 0.673. The zero-order valence-corrected chi connectivity index (χ0v) is 16.1. The van der Waals surface area contributed by atoms with Gasteiger partial charge in [-0.3, -0.25) is 0 Å². The molecule has 21 heavy (non-hydrogen) atoms. The molecule has 0 aliphatic rings. The van der Waals surface area contributed by atoms with E-state index in [1.54, 1.807) is 0 Å². The van der Waals surface area contributed by atoms with Crippen molar-refractivity contribution in [2.75, 3.05) is 0 Å². The highest BCUT2D eigenvalue weighted by atomic mass is 35.6. The van der Waals surface area contributed by atoms with E-state index in [9.17, 15) is 0 Å². The van der Waals surface area contributed by atoms with Gasteiger partial charge in [0.25, 0.3) is 0 Å². The number of hydrogen-bond donors (Lipinski definition) is 0. The molecule has 0 radical (unpaired) electrons. The Hall–Kier alpha value is -0.746. The first-order chi connectivity index (χ1) is 9.69. The normalized spacial score (nSPS) is 13.2. The third-order valence-electron chi connectivity index (χ3n) is 3.81. The predicted octanol–water partition coefficient (Wildman–Crippen LogP) is 4.89. The van der Waals surface area contributed by atoms with Crippen molar-refractivity contribution in [3.05, 3.63) is 36.4 Å². The average Bonchev–Trinajstić information content (AvgIpc) is 2.74. The maximum absolute atomic E-state index is 6.66. The second-order valence-corrected chi connectivity index (χ2v) is 19.0. The number of rotatable bonds is 2. The van der Waals surface area contributed by atoms with E-state index < -0.39 is 14.8 Å². The van der Waals surface area contributed by atoms with Crippen LogP contribution in [-0.2, 0) is 0 Å². The van der Waals surface area contributed by atoms with Gasteiger partial charge in [0.1, 0.15) is 11.2 Å². The molecule has 0 unspecified atom stereocenters. The van der Waals surface area contributed by atoms with Crippen LogP contribution in [0.15, 0.2) is 40.8 Å². The summed E-state index contributed by atoms with van der Waals surface area (Å²) in [6, 6.07) is 12.5. The summed E-state index contributed by atoms with van der Waals surface area (Å²) in [6.07, 6.45) is 0. The molecule has 1 nitrogen and oxygen atoms in total. The zero-order valence-electron chi connectivity index (χ0n) is 12.6. The lowest BCUT2D eigenvalue weighted by Crippen LogP contribution is -2.35. The van der Waals surface area contributed by atoms with Crippen molar-refractivity contribution in [3.8, 4) is 0 Å². The summed E-state index contributed by atoms with van der Waals surface area (Å²) in [5, 5.41) is 4.58. The van der Waals surface area contributed by atoms with Gasteiger partial charge in [0.2, 0.25) is 0 Å². The van der Waals surface area contributed by atoms with Crippen LogP contribution in [-0.4, -0.2) is 14.8 Å². The lowest BCUT2D eigenvalue weighted by Gasteiger charge is -2.14. The van der Waals surface area contributed by atoms with Crippen molar-refractivity contribution >= 4 is 69.2 Å². The van der Waals surface area contributed by atoms with Gasteiger partial charge in [-0.1, -0.05) is 62.6 Å². The van der Waals surface area contributed by atoms with Crippen LogP contribution in [0, 0.1) is 0 Å². The Morgan fingerprint density at radius 3 is 1.43 bits per heavy atom. The first kappa shape index (κ1) is 15.2. The maximum Gasteiger partial charge on any atom is 0.185 e. The number of halogens is 2. The van der Waals surface area contributed by atoms with Gasteiger partial charge in [0, 0.05) is 10.8 Å². The van der Waals surface area contributed by atoms with Crippen molar-refractivity contribution in [2.24, 2.45) is 0 Å². The molecule has 110 valence electrons. The standard InChI is InChI=1S/C16H18Cl2OSi2/c1-20(2,17)13-9-5-7-11-12-8-6-10-14(21(3,4)18)16(12)19-15(11)13/h5-10H,1-4H3. The molecule has 0 N–H and O–H groups in total. The van der Waals surface area contributed by atoms with Crippen molar-refractivity contribution in [3.63, 3.8) is 0 Å². The molecule has 5 heteroatoms. The second kappa shape index (κ2) is 4.88. The van der Waals surface area contributed by atoms with Gasteiger partial charge in [0.05, 0.1) is 0 Å². The van der Waals surface area contributed by atoms with Crippen molar-refractivity contribution in [1.82, 2.24) is 0 Å². The highest BCUT2D eigenvalue weighted by Crippen LogP contribution is 2.30. The highest BCUT2D eigenvalue weighted by Gasteiger charge is 2.28. The minimum atomic E-state index is -1.97. The molecule has 0 amide bonds. The molecule has 0 aliphatic heterocycles. The van der Waals surface area contributed by atoms with E-state index in [1.807, 2.05) is 0 Å². The van der Waals surface area contributed by atoms with Crippen LogP contribution < -0.4 is 10.4 Å². The van der Waals surface area contributed by atoms with Crippen LogP contribution in [0.3, 0.4) is 0 Å². The molecule has 0 fully saturated rings. The van der Waals surface area contributed by atoms with E-state index in [0.29, 0.717) is 0 Å². The molecular formula is C16H18Cl2OSi2. The summed E-state index contributed by atoms with van der Waals surface area (Å²) >= 11 is 13.3. The zero-order chi connectivity index (χ0) is 15.4. The fraction of sp³-hybridized carbons (Fsp3) is 0.250. The molecule has 2 aromatic carbocycles. The van der Waals surface area contributed by atoms with Crippen LogP contribution >= 0.6 is 22.2 Å². The molecule has 1 aromatic heterocycles. The summed E-state index contributed by atoms with van der Waals surface area (Å²) in [4.78, 5) is 0. The van der Waals surface area contributed by atoms with Crippen LogP contribution in [0.25, 0.3) is 21.9 Å². The van der Waals surface area contributed by atoms with Crippen LogP contribution in [0.4, 0.5) is 0 Å². The summed E-state index contributed by atoms with van der Waals surface area (Å²) < 4.78 is 6.27. The van der Waals surface area contributed by atoms with E-state index in [1.165, 1.54) is 0 Å². The summed E-state index contributed by atoms with van der Waals surface area (Å²) in [5.74, 6) is 0. The Morgan fingerprint density at radius 1 is 0.714 bits per heavy atom. The van der Waals surface area contributed by atoms with Crippen LogP contribution in [0.2, 0.25) is 26.2 Å². The third kappa shape index (κ3) is 2.57. The summed E-state index contributed by atoms with van der Waals surface area (Å²) in [6.45, 7) is 8.49. The average molecular weight is 353 g/mol. The van der Waals surface area contributed by atoms with Gasteiger partial charge in [-0.25, -0.2) is 0 Å². The van der Waals surface area contributed by atoms with Crippen LogP contribution in [0.5, 0.6) is 0 Å². The lowest BCUT2D eigenvalue weighted by atomic mass is 10.1. The first-order valence-corrected chi connectivity index (χ1v) is 15.0. The number of benzene rings is 2. The number of furan rings is 1. The summed E-state index contributed by atoms with van der Waals surface area (Å²) in [5.41, 5.74) is 1.86. The van der Waals surface area contributed by atoms with E-state index in [2.05, 4.69) is 62.6 Å². The monoisotopic (exact) mass is 352 g/mol. The molecule has 3 rings (SSSR count). The molecular weight excluding hydrogens is 335 g/mol. The second-order valence-electron chi connectivity index (χ2n) is 6.41. The minimum absolute atomic E-state index is 0.932. The van der Waals surface area contributed by atoms with Crippen molar-refractivity contribution in [2.45, 2.75) is 26.2 Å². The van der Waals surface area contributed by atoms with Crippen molar-refractivity contribution < 1.29 is 4.42 Å². The van der Waals surface area contributed by atoms with Gasteiger partial charge in [0.15, 0.2) is 14.8 Å². The SMILES string of the molecule is C[Si](C)(Cl)c1cccc2c1oc1c([Si](C)(C)Cl)cccc12. The van der Waals surface area contributed by atoms with E-state index in [4.69, 9.17) is 26.6 Å². The topological polar surface area (TPSA) is 13.1 Å². The fourth-order valence-corrected chi connectivity index (χ4v) is 6.09. The van der Waals surface area contributed by atoms with Gasteiger partial charge < -0.3 is 4.42 Å². The van der Waals surface area contributed by atoms with Gasteiger partial charge in [-0.05, 0) is 10.4 Å². The quantitative estimate of drug-likeness (QED) is 0.472. The first-order valence-electron chi connectivity index (χ1n) is 7.02. The van der Waals surface area contributed by atoms with E-state index >= 15 is 0 Å². The van der Waals surface area contributed by atoms with E-state index in [0.717, 1.165) is 32.3 Å². The molecule has 0 saturated carbocycles. The number of hydrogen-bond acceptors (Lipinski definition) is 1. The molecule has 0 saturated heterocycles. The molecule has 1 heterocycles. The minimum Gasteiger partial charge on any atom is -0.456 e. The molecule has 0 bridgehead atoms. The van der Waals surface area contributed by atoms with E-state index in [-0.39, 0.29) is 0 Å².